The molecule has 1 saturated carbocycles. The lowest BCUT2D eigenvalue weighted by molar-refractivity contribution is 0.353. The van der Waals surface area contributed by atoms with Crippen molar-refractivity contribution in [3.05, 3.63) is 35.1 Å². The molecule has 0 aromatic heterocycles. The highest BCUT2D eigenvalue weighted by atomic mass is 19.1. The summed E-state index contributed by atoms with van der Waals surface area (Å²) in [6.07, 6.45) is 4.92. The number of halogens is 1. The summed E-state index contributed by atoms with van der Waals surface area (Å²) < 4.78 is 13.4. The molecule has 0 radical (unpaired) electrons. The van der Waals surface area contributed by atoms with Crippen molar-refractivity contribution < 1.29 is 4.39 Å². The average molecular weight is 263 g/mol. The summed E-state index contributed by atoms with van der Waals surface area (Å²) in [5.74, 6) is 1.48. The van der Waals surface area contributed by atoms with Gasteiger partial charge in [0.25, 0.3) is 0 Å². The molecule has 1 aliphatic rings. The van der Waals surface area contributed by atoms with E-state index in [1.807, 2.05) is 6.07 Å². The second-order valence-corrected chi connectivity index (χ2v) is 6.12. The largest absolute Gasteiger partial charge is 0.314 e. The van der Waals surface area contributed by atoms with E-state index in [0.29, 0.717) is 6.04 Å². The minimum absolute atomic E-state index is 0.115. The predicted molar refractivity (Wildman–Crippen MR) is 78.8 cm³/mol. The van der Waals surface area contributed by atoms with Gasteiger partial charge in [0.15, 0.2) is 0 Å². The molecule has 0 saturated heterocycles. The molecule has 0 spiro atoms. The molecule has 106 valence electrons. The van der Waals surface area contributed by atoms with Gasteiger partial charge in [-0.05, 0) is 67.8 Å². The van der Waals surface area contributed by atoms with Gasteiger partial charge in [-0.15, -0.1) is 0 Å². The van der Waals surface area contributed by atoms with Crippen LogP contribution >= 0.6 is 0 Å². The number of hydrogen-bond donors (Lipinski definition) is 1. The van der Waals surface area contributed by atoms with Gasteiger partial charge in [0, 0.05) is 6.04 Å². The van der Waals surface area contributed by atoms with E-state index in [-0.39, 0.29) is 5.82 Å². The normalized spacial score (nSPS) is 24.6. The van der Waals surface area contributed by atoms with E-state index in [2.05, 4.69) is 26.1 Å². The highest BCUT2D eigenvalue weighted by Gasteiger charge is 2.28. The van der Waals surface area contributed by atoms with Crippen LogP contribution in [0, 0.1) is 24.6 Å². The standard InChI is InChI=1S/C17H26FN/c1-4-19-17(14-7-5-12(2)9-14)11-15-10-16(18)8-6-13(15)3/h6,8,10,12,14,17,19H,4-5,7,9,11H2,1-3H3. The molecule has 1 aromatic carbocycles. The van der Waals surface area contributed by atoms with Crippen LogP contribution in [0.25, 0.3) is 0 Å². The molecule has 0 heterocycles. The lowest BCUT2D eigenvalue weighted by Crippen LogP contribution is -2.37. The highest BCUT2D eigenvalue weighted by Crippen LogP contribution is 2.34. The molecule has 3 unspecified atom stereocenters. The number of hydrogen-bond acceptors (Lipinski definition) is 1. The number of likely N-dealkylation sites (N-methyl/N-ethyl adjacent to an activating group) is 1. The third-order valence-electron chi connectivity index (χ3n) is 4.52. The van der Waals surface area contributed by atoms with Crippen molar-refractivity contribution in [1.29, 1.82) is 0 Å². The average Bonchev–Trinajstić information content (AvgIpc) is 2.80. The number of rotatable bonds is 5. The van der Waals surface area contributed by atoms with E-state index in [4.69, 9.17) is 0 Å². The van der Waals surface area contributed by atoms with Crippen LogP contribution < -0.4 is 5.32 Å². The first-order chi connectivity index (χ1) is 9.10. The lowest BCUT2D eigenvalue weighted by Gasteiger charge is -2.25. The van der Waals surface area contributed by atoms with E-state index >= 15 is 0 Å². The summed E-state index contributed by atoms with van der Waals surface area (Å²) in [7, 11) is 0. The predicted octanol–water partition coefficient (Wildman–Crippen LogP) is 4.09. The summed E-state index contributed by atoms with van der Waals surface area (Å²) in [6.45, 7) is 7.57. The smallest absolute Gasteiger partial charge is 0.123 e. The Labute approximate surface area is 116 Å². The fourth-order valence-corrected chi connectivity index (χ4v) is 3.38. The van der Waals surface area contributed by atoms with E-state index in [9.17, 15) is 4.39 Å². The van der Waals surface area contributed by atoms with Crippen molar-refractivity contribution in [3.8, 4) is 0 Å². The molecule has 1 N–H and O–H groups in total. The third-order valence-corrected chi connectivity index (χ3v) is 4.52. The first-order valence-electron chi connectivity index (χ1n) is 7.58. The molecule has 1 aromatic rings. The van der Waals surface area contributed by atoms with Gasteiger partial charge >= 0.3 is 0 Å². The number of nitrogens with one attached hydrogen (secondary N) is 1. The second-order valence-electron chi connectivity index (χ2n) is 6.12. The van der Waals surface area contributed by atoms with Gasteiger partial charge in [0.05, 0.1) is 0 Å². The summed E-state index contributed by atoms with van der Waals surface area (Å²) in [6, 6.07) is 5.65. The van der Waals surface area contributed by atoms with Gasteiger partial charge in [0.1, 0.15) is 5.82 Å². The van der Waals surface area contributed by atoms with Crippen molar-refractivity contribution in [2.24, 2.45) is 11.8 Å². The summed E-state index contributed by atoms with van der Waals surface area (Å²) in [4.78, 5) is 0. The Morgan fingerprint density at radius 3 is 2.79 bits per heavy atom. The van der Waals surface area contributed by atoms with Gasteiger partial charge in [-0.25, -0.2) is 4.39 Å². The molecular weight excluding hydrogens is 237 g/mol. The number of benzene rings is 1. The monoisotopic (exact) mass is 263 g/mol. The van der Waals surface area contributed by atoms with E-state index in [0.717, 1.165) is 30.4 Å². The topological polar surface area (TPSA) is 12.0 Å². The van der Waals surface area contributed by atoms with Crippen LogP contribution in [0.2, 0.25) is 0 Å². The van der Waals surface area contributed by atoms with Gasteiger partial charge in [-0.3, -0.25) is 0 Å². The van der Waals surface area contributed by atoms with Gasteiger partial charge < -0.3 is 5.32 Å². The number of aryl methyl sites for hydroxylation is 1. The maximum absolute atomic E-state index is 13.4. The molecular formula is C17H26FN. The maximum atomic E-state index is 13.4. The molecule has 2 rings (SSSR count). The Morgan fingerprint density at radius 2 is 2.16 bits per heavy atom. The second kappa shape index (κ2) is 6.51. The van der Waals surface area contributed by atoms with Crippen molar-refractivity contribution >= 4 is 0 Å². The molecule has 1 aliphatic carbocycles. The zero-order chi connectivity index (χ0) is 13.8. The van der Waals surface area contributed by atoms with Crippen LogP contribution in [0.4, 0.5) is 4.39 Å². The van der Waals surface area contributed by atoms with Crippen LogP contribution in [-0.4, -0.2) is 12.6 Å². The summed E-state index contributed by atoms with van der Waals surface area (Å²) in [5.41, 5.74) is 2.36. The van der Waals surface area contributed by atoms with Gasteiger partial charge in [0.2, 0.25) is 0 Å². The SMILES string of the molecule is CCNC(Cc1cc(F)ccc1C)C1CCC(C)C1. The van der Waals surface area contributed by atoms with Crippen LogP contribution in [0.3, 0.4) is 0 Å². The van der Waals surface area contributed by atoms with Crippen molar-refractivity contribution in [3.63, 3.8) is 0 Å². The van der Waals surface area contributed by atoms with Gasteiger partial charge in [-0.1, -0.05) is 26.3 Å². The van der Waals surface area contributed by atoms with Crippen LogP contribution in [0.5, 0.6) is 0 Å². The Hall–Kier alpha value is -0.890. The fourth-order valence-electron chi connectivity index (χ4n) is 3.38. The van der Waals surface area contributed by atoms with E-state index < -0.39 is 0 Å². The Balaban J connectivity index is 2.09. The fraction of sp³-hybridized carbons (Fsp3) is 0.647. The van der Waals surface area contributed by atoms with Crippen molar-refractivity contribution in [2.45, 2.75) is 52.5 Å². The highest BCUT2D eigenvalue weighted by molar-refractivity contribution is 5.27. The zero-order valence-corrected chi connectivity index (χ0v) is 12.4. The Morgan fingerprint density at radius 1 is 1.37 bits per heavy atom. The molecule has 0 aliphatic heterocycles. The summed E-state index contributed by atoms with van der Waals surface area (Å²) in [5, 5.41) is 3.62. The van der Waals surface area contributed by atoms with Crippen LogP contribution in [0.15, 0.2) is 18.2 Å². The van der Waals surface area contributed by atoms with Gasteiger partial charge in [-0.2, -0.15) is 0 Å². The molecule has 19 heavy (non-hydrogen) atoms. The first kappa shape index (κ1) is 14.5. The van der Waals surface area contributed by atoms with Crippen molar-refractivity contribution in [2.75, 3.05) is 6.54 Å². The third kappa shape index (κ3) is 3.79. The van der Waals surface area contributed by atoms with Crippen molar-refractivity contribution in [1.82, 2.24) is 5.32 Å². The van der Waals surface area contributed by atoms with E-state index in [1.54, 1.807) is 12.1 Å². The van der Waals surface area contributed by atoms with E-state index in [1.165, 1.54) is 24.8 Å². The Kier molecular flexibility index (Phi) is 4.98. The molecule has 1 fully saturated rings. The minimum atomic E-state index is -0.115. The zero-order valence-electron chi connectivity index (χ0n) is 12.4. The molecule has 3 atom stereocenters. The molecule has 2 heteroatoms. The molecule has 0 amide bonds. The lowest BCUT2D eigenvalue weighted by atomic mass is 9.90. The Bertz CT molecular complexity index is 416. The molecule has 0 bridgehead atoms. The minimum Gasteiger partial charge on any atom is -0.314 e. The van der Waals surface area contributed by atoms with Crippen LogP contribution in [-0.2, 0) is 6.42 Å². The molecule has 1 nitrogen and oxygen atoms in total. The summed E-state index contributed by atoms with van der Waals surface area (Å²) >= 11 is 0. The van der Waals surface area contributed by atoms with Crippen LogP contribution in [0.1, 0.15) is 44.2 Å². The first-order valence-corrected chi connectivity index (χ1v) is 7.58. The quantitative estimate of drug-likeness (QED) is 0.843. The maximum Gasteiger partial charge on any atom is 0.123 e.